The second-order valence-corrected chi connectivity index (χ2v) is 13.5. The van der Waals surface area contributed by atoms with E-state index in [0.29, 0.717) is 23.0 Å². The Morgan fingerprint density at radius 3 is 1.75 bits per heavy atom. The van der Waals surface area contributed by atoms with Crippen molar-refractivity contribution in [3.8, 4) is 73.6 Å². The molecule has 8 aromatic rings. The van der Waals surface area contributed by atoms with Crippen LogP contribution in [0, 0.1) is 11.3 Å². The largest absolute Gasteiger partial charge is 0.264 e. The molecule has 0 bridgehead atoms. The molecule has 0 spiro atoms. The molecule has 0 fully saturated rings. The van der Waals surface area contributed by atoms with Gasteiger partial charge in [0, 0.05) is 40.1 Å². The van der Waals surface area contributed by atoms with Crippen molar-refractivity contribution in [1.82, 2.24) is 19.9 Å². The fourth-order valence-corrected chi connectivity index (χ4v) is 7.52. The minimum atomic E-state index is -0.276. The van der Waals surface area contributed by atoms with Gasteiger partial charge in [-0.3, -0.25) is 4.98 Å². The molecule has 6 aromatic carbocycles. The van der Waals surface area contributed by atoms with Crippen LogP contribution in [0.5, 0.6) is 0 Å². The maximum atomic E-state index is 9.84. The molecule has 0 saturated heterocycles. The van der Waals surface area contributed by atoms with Crippen LogP contribution < -0.4 is 0 Å². The van der Waals surface area contributed by atoms with Crippen molar-refractivity contribution in [2.24, 2.45) is 0 Å². The Labute approximate surface area is 296 Å². The van der Waals surface area contributed by atoms with Gasteiger partial charge in [0.2, 0.25) is 0 Å². The lowest BCUT2D eigenvalue weighted by atomic mass is 9.79. The summed E-state index contributed by atoms with van der Waals surface area (Å²) in [5.74, 6) is 1.84. The lowest BCUT2D eigenvalue weighted by molar-refractivity contribution is 0.666. The van der Waals surface area contributed by atoms with Crippen molar-refractivity contribution in [3.63, 3.8) is 0 Å². The topological polar surface area (TPSA) is 75.3 Å². The monoisotopic (exact) mass is 653 g/mol. The molecular formula is C46H31N5. The summed E-state index contributed by atoms with van der Waals surface area (Å²) in [4.78, 5) is 19.5. The number of rotatable bonds is 5. The Kier molecular flexibility index (Phi) is 7.12. The molecule has 0 radical (unpaired) electrons. The van der Waals surface area contributed by atoms with Crippen LogP contribution in [0.2, 0.25) is 0 Å². The Bertz CT molecular complexity index is 2600. The number of hydrogen-bond acceptors (Lipinski definition) is 5. The van der Waals surface area contributed by atoms with E-state index in [1.165, 1.54) is 22.3 Å². The summed E-state index contributed by atoms with van der Waals surface area (Å²) in [6.07, 6.45) is 3.69. The maximum absolute atomic E-state index is 9.84. The predicted octanol–water partition coefficient (Wildman–Crippen LogP) is 10.9. The zero-order valence-corrected chi connectivity index (χ0v) is 28.2. The summed E-state index contributed by atoms with van der Waals surface area (Å²) in [6, 6.07) is 50.2. The summed E-state index contributed by atoms with van der Waals surface area (Å²) >= 11 is 0. The normalized spacial score (nSPS) is 12.6. The van der Waals surface area contributed by atoms with E-state index in [4.69, 9.17) is 15.0 Å². The number of nitriles is 1. The molecule has 1 aliphatic carbocycles. The Hall–Kier alpha value is -6.77. The molecule has 5 nitrogen and oxygen atoms in total. The van der Waals surface area contributed by atoms with E-state index < -0.39 is 0 Å². The highest BCUT2D eigenvalue weighted by molar-refractivity contribution is 6.00. The molecule has 2 heterocycles. The summed E-state index contributed by atoms with van der Waals surface area (Å²) in [7, 11) is 0. The minimum absolute atomic E-state index is 0.276. The van der Waals surface area contributed by atoms with E-state index >= 15 is 0 Å². The lowest BCUT2D eigenvalue weighted by Crippen LogP contribution is -2.15. The average Bonchev–Trinajstić information content (AvgIpc) is 3.43. The van der Waals surface area contributed by atoms with E-state index in [-0.39, 0.29) is 5.41 Å². The van der Waals surface area contributed by atoms with Crippen LogP contribution in [-0.4, -0.2) is 19.9 Å². The predicted molar refractivity (Wildman–Crippen MR) is 205 cm³/mol. The third-order valence-electron chi connectivity index (χ3n) is 10.0. The van der Waals surface area contributed by atoms with E-state index in [1.54, 1.807) is 6.20 Å². The third-order valence-corrected chi connectivity index (χ3v) is 10.0. The van der Waals surface area contributed by atoms with Crippen molar-refractivity contribution >= 4 is 10.8 Å². The smallest absolute Gasteiger partial charge is 0.164 e. The highest BCUT2D eigenvalue weighted by Crippen LogP contribution is 2.52. The molecule has 0 atom stereocenters. The number of fused-ring (bicyclic) bond motifs is 5. The van der Waals surface area contributed by atoms with Gasteiger partial charge in [0.1, 0.15) is 0 Å². The highest BCUT2D eigenvalue weighted by Gasteiger charge is 2.37. The molecule has 2 aromatic heterocycles. The second kappa shape index (κ2) is 12.0. The van der Waals surface area contributed by atoms with Gasteiger partial charge in [-0.05, 0) is 86.1 Å². The molecule has 0 aliphatic heterocycles. The standard InChI is InChI=1S/C46H31N5/c1-46(2)41-26-31(18-19-38(41)40-21-20-37-32(27-47)15-9-17-39(37)42(40)46)34-23-35(33-16-10-22-48-28-33)25-36(24-34)45-50-43(29-11-5-3-6-12-29)49-44(51-45)30-13-7-4-8-14-30/h3-26,28H,1-2H3. The molecule has 1 aliphatic rings. The lowest BCUT2D eigenvalue weighted by Gasteiger charge is -2.24. The molecular weight excluding hydrogens is 623 g/mol. The quantitative estimate of drug-likeness (QED) is 0.185. The molecule has 0 N–H and O–H groups in total. The van der Waals surface area contributed by atoms with Gasteiger partial charge in [0.05, 0.1) is 11.6 Å². The van der Waals surface area contributed by atoms with Gasteiger partial charge >= 0.3 is 0 Å². The average molecular weight is 654 g/mol. The van der Waals surface area contributed by atoms with Gasteiger partial charge in [0.25, 0.3) is 0 Å². The van der Waals surface area contributed by atoms with E-state index in [1.807, 2.05) is 85.1 Å². The highest BCUT2D eigenvalue weighted by atomic mass is 15.0. The van der Waals surface area contributed by atoms with Crippen LogP contribution in [0.4, 0.5) is 0 Å². The van der Waals surface area contributed by atoms with E-state index in [2.05, 4.69) is 85.6 Å². The number of pyridine rings is 1. The van der Waals surface area contributed by atoms with E-state index in [9.17, 15) is 5.26 Å². The second-order valence-electron chi connectivity index (χ2n) is 13.5. The van der Waals surface area contributed by atoms with Crippen molar-refractivity contribution in [1.29, 1.82) is 5.26 Å². The third kappa shape index (κ3) is 5.17. The van der Waals surface area contributed by atoms with Gasteiger partial charge in [-0.1, -0.05) is 117 Å². The first-order chi connectivity index (χ1) is 25.0. The Morgan fingerprint density at radius 2 is 1.10 bits per heavy atom. The van der Waals surface area contributed by atoms with Crippen LogP contribution in [0.3, 0.4) is 0 Å². The van der Waals surface area contributed by atoms with Crippen LogP contribution in [0.25, 0.3) is 78.3 Å². The number of nitrogens with zero attached hydrogens (tertiary/aromatic N) is 5. The summed E-state index contributed by atoms with van der Waals surface area (Å²) in [5, 5.41) is 12.0. The molecule has 0 saturated carbocycles. The fraction of sp³-hybridized carbons (Fsp3) is 0.0652. The number of aromatic nitrogens is 4. The zero-order chi connectivity index (χ0) is 34.5. The van der Waals surface area contributed by atoms with Crippen LogP contribution in [0.15, 0.2) is 152 Å². The first kappa shape index (κ1) is 30.3. The van der Waals surface area contributed by atoms with Crippen molar-refractivity contribution in [2.75, 3.05) is 0 Å². The van der Waals surface area contributed by atoms with Crippen LogP contribution >= 0.6 is 0 Å². The van der Waals surface area contributed by atoms with Gasteiger partial charge in [0.15, 0.2) is 17.5 Å². The first-order valence-electron chi connectivity index (χ1n) is 17.0. The molecule has 240 valence electrons. The van der Waals surface area contributed by atoms with Crippen LogP contribution in [-0.2, 0) is 5.41 Å². The van der Waals surface area contributed by atoms with E-state index in [0.717, 1.165) is 49.7 Å². The van der Waals surface area contributed by atoms with Crippen molar-refractivity contribution in [2.45, 2.75) is 19.3 Å². The van der Waals surface area contributed by atoms with Crippen molar-refractivity contribution in [3.05, 3.63) is 169 Å². The zero-order valence-electron chi connectivity index (χ0n) is 28.2. The summed E-state index contributed by atoms with van der Waals surface area (Å²) < 4.78 is 0. The van der Waals surface area contributed by atoms with Crippen molar-refractivity contribution < 1.29 is 0 Å². The maximum Gasteiger partial charge on any atom is 0.164 e. The molecule has 0 amide bonds. The van der Waals surface area contributed by atoms with Gasteiger partial charge < -0.3 is 0 Å². The summed E-state index contributed by atoms with van der Waals surface area (Å²) in [5.41, 5.74) is 12.3. The molecule has 0 unspecified atom stereocenters. The summed E-state index contributed by atoms with van der Waals surface area (Å²) in [6.45, 7) is 4.58. The molecule has 51 heavy (non-hydrogen) atoms. The van der Waals surface area contributed by atoms with Gasteiger partial charge in [-0.2, -0.15) is 5.26 Å². The fourth-order valence-electron chi connectivity index (χ4n) is 7.52. The van der Waals surface area contributed by atoms with Gasteiger partial charge in [-0.15, -0.1) is 0 Å². The number of benzene rings is 6. The van der Waals surface area contributed by atoms with Crippen LogP contribution in [0.1, 0.15) is 30.5 Å². The Morgan fingerprint density at radius 1 is 0.490 bits per heavy atom. The molecule has 9 rings (SSSR count). The Balaban J connectivity index is 1.23. The number of hydrogen-bond donors (Lipinski definition) is 0. The SMILES string of the molecule is CC1(C)c2cc(-c3cc(-c4cccnc4)cc(-c4nc(-c5ccccc5)nc(-c5ccccc5)n4)c3)ccc2-c2ccc3c(C#N)cccc3c21. The first-order valence-corrected chi connectivity index (χ1v) is 17.0. The minimum Gasteiger partial charge on any atom is -0.264 e. The molecule has 5 heteroatoms. The van der Waals surface area contributed by atoms with Gasteiger partial charge in [-0.25, -0.2) is 15.0 Å².